The van der Waals surface area contributed by atoms with E-state index in [-0.39, 0.29) is 0 Å². The van der Waals surface area contributed by atoms with Gasteiger partial charge in [0, 0.05) is 25.2 Å². The van der Waals surface area contributed by atoms with E-state index in [0.29, 0.717) is 5.54 Å². The van der Waals surface area contributed by atoms with Crippen LogP contribution >= 0.6 is 0 Å². The van der Waals surface area contributed by atoms with Gasteiger partial charge in [-0.2, -0.15) is 0 Å². The Morgan fingerprint density at radius 1 is 1.14 bits per heavy atom. The van der Waals surface area contributed by atoms with E-state index in [2.05, 4.69) is 67.4 Å². The molecule has 3 nitrogen and oxygen atoms in total. The molecule has 0 heterocycles. The molecule has 0 radical (unpaired) electrons. The van der Waals surface area contributed by atoms with Crippen molar-refractivity contribution in [3.8, 4) is 0 Å². The second-order valence-electron chi connectivity index (χ2n) is 6.74. The third-order valence-corrected chi connectivity index (χ3v) is 4.82. The van der Waals surface area contributed by atoms with Crippen LogP contribution in [-0.2, 0) is 13.1 Å². The van der Waals surface area contributed by atoms with E-state index in [0.717, 1.165) is 26.2 Å². The zero-order chi connectivity index (χ0) is 15.3. The first-order valence-electron chi connectivity index (χ1n) is 8.20. The van der Waals surface area contributed by atoms with E-state index in [1.807, 2.05) is 0 Å². The molecule has 0 saturated heterocycles. The lowest BCUT2D eigenvalue weighted by Crippen LogP contribution is -2.56. The van der Waals surface area contributed by atoms with Crippen molar-refractivity contribution in [1.82, 2.24) is 15.1 Å². The molecule has 0 aliphatic heterocycles. The summed E-state index contributed by atoms with van der Waals surface area (Å²) in [5, 5.41) is 3.40. The van der Waals surface area contributed by atoms with Crippen molar-refractivity contribution in [2.45, 2.75) is 44.8 Å². The van der Waals surface area contributed by atoms with E-state index in [9.17, 15) is 0 Å². The lowest BCUT2D eigenvalue weighted by molar-refractivity contribution is 0.0259. The Morgan fingerprint density at radius 3 is 2.43 bits per heavy atom. The molecule has 1 aromatic rings. The van der Waals surface area contributed by atoms with Crippen molar-refractivity contribution in [3.63, 3.8) is 0 Å². The number of likely N-dealkylation sites (N-methyl/N-ethyl adjacent to an activating group) is 2. The minimum Gasteiger partial charge on any atom is -0.313 e. The lowest BCUT2D eigenvalue weighted by atomic mass is 9.75. The zero-order valence-electron chi connectivity index (χ0n) is 14.2. The van der Waals surface area contributed by atoms with Gasteiger partial charge in [0.2, 0.25) is 0 Å². The summed E-state index contributed by atoms with van der Waals surface area (Å²) in [7, 11) is 6.70. The largest absolute Gasteiger partial charge is 0.313 e. The third-order valence-electron chi connectivity index (χ3n) is 4.82. The predicted octanol–water partition coefficient (Wildman–Crippen LogP) is 2.71. The van der Waals surface area contributed by atoms with Gasteiger partial charge in [-0.15, -0.1) is 0 Å². The van der Waals surface area contributed by atoms with Gasteiger partial charge >= 0.3 is 0 Å². The van der Waals surface area contributed by atoms with Gasteiger partial charge in [0.1, 0.15) is 0 Å². The fourth-order valence-corrected chi connectivity index (χ4v) is 3.31. The molecule has 1 fully saturated rings. The molecule has 3 heteroatoms. The Labute approximate surface area is 130 Å². The quantitative estimate of drug-likeness (QED) is 0.794. The topological polar surface area (TPSA) is 18.5 Å². The summed E-state index contributed by atoms with van der Waals surface area (Å²) in [4.78, 5) is 4.90. The van der Waals surface area contributed by atoms with E-state index in [4.69, 9.17) is 0 Å². The number of hydrogen-bond donors (Lipinski definition) is 1. The molecule has 0 amide bonds. The van der Waals surface area contributed by atoms with Gasteiger partial charge in [-0.25, -0.2) is 0 Å². The van der Waals surface area contributed by atoms with Gasteiger partial charge in [0.25, 0.3) is 0 Å². The summed E-state index contributed by atoms with van der Waals surface area (Å²) < 4.78 is 0. The van der Waals surface area contributed by atoms with Gasteiger partial charge in [-0.3, -0.25) is 0 Å². The van der Waals surface area contributed by atoms with E-state index in [1.165, 1.54) is 30.4 Å². The third kappa shape index (κ3) is 4.29. The van der Waals surface area contributed by atoms with Crippen LogP contribution in [0.25, 0.3) is 0 Å². The maximum absolute atomic E-state index is 3.40. The number of hydrogen-bond acceptors (Lipinski definition) is 3. The molecule has 0 bridgehead atoms. The first-order chi connectivity index (χ1) is 10.1. The van der Waals surface area contributed by atoms with Crippen LogP contribution in [-0.4, -0.2) is 49.6 Å². The fourth-order valence-electron chi connectivity index (χ4n) is 3.31. The minimum atomic E-state index is 0.413. The Hall–Kier alpha value is -0.900. The molecule has 1 saturated carbocycles. The van der Waals surface area contributed by atoms with Gasteiger partial charge in [0.05, 0.1) is 0 Å². The van der Waals surface area contributed by atoms with Crippen LogP contribution in [0.4, 0.5) is 0 Å². The molecule has 0 spiro atoms. The smallest absolute Gasteiger partial charge is 0.0330 e. The van der Waals surface area contributed by atoms with Gasteiger partial charge < -0.3 is 15.1 Å². The molecule has 1 aliphatic rings. The fraction of sp³-hybridized carbons (Fsp3) is 0.667. The Bertz CT molecular complexity index is 438. The summed E-state index contributed by atoms with van der Waals surface area (Å²) in [6.45, 7) is 6.34. The van der Waals surface area contributed by atoms with E-state index < -0.39 is 0 Å². The predicted molar refractivity (Wildman–Crippen MR) is 90.4 cm³/mol. The molecule has 0 aromatic heterocycles. The molecular weight excluding hydrogens is 258 g/mol. The van der Waals surface area contributed by atoms with Crippen molar-refractivity contribution >= 4 is 0 Å². The van der Waals surface area contributed by atoms with Gasteiger partial charge in [0.15, 0.2) is 0 Å². The highest BCUT2D eigenvalue weighted by Gasteiger charge is 2.39. The van der Waals surface area contributed by atoms with Crippen LogP contribution < -0.4 is 5.32 Å². The second kappa shape index (κ2) is 7.39. The molecule has 118 valence electrons. The maximum Gasteiger partial charge on any atom is 0.0330 e. The van der Waals surface area contributed by atoms with Crippen molar-refractivity contribution in [1.29, 1.82) is 0 Å². The van der Waals surface area contributed by atoms with E-state index in [1.54, 1.807) is 0 Å². The monoisotopic (exact) mass is 289 g/mol. The van der Waals surface area contributed by atoms with Crippen LogP contribution in [0.1, 0.15) is 37.3 Å². The summed E-state index contributed by atoms with van der Waals surface area (Å²) in [6.07, 6.45) is 4.06. The normalized spacial score (nSPS) is 17.2. The zero-order valence-corrected chi connectivity index (χ0v) is 14.2. The molecule has 21 heavy (non-hydrogen) atoms. The molecule has 0 atom stereocenters. The van der Waals surface area contributed by atoms with Crippen molar-refractivity contribution in [2.24, 2.45) is 0 Å². The maximum atomic E-state index is 3.40. The van der Waals surface area contributed by atoms with Crippen LogP contribution in [0.5, 0.6) is 0 Å². The standard InChI is InChI=1S/C18H31N3/c1-5-19-13-16-8-6-9-17(12-16)14-21(4)15-18(20(2)3)10-7-11-18/h6,8-9,12,19H,5,7,10-11,13-15H2,1-4H3. The number of rotatable bonds is 8. The molecule has 2 rings (SSSR count). The number of nitrogens with one attached hydrogen (secondary N) is 1. The SMILES string of the molecule is CCNCc1cccc(CN(C)CC2(N(C)C)CCC2)c1. The van der Waals surface area contributed by atoms with Crippen LogP contribution in [0.2, 0.25) is 0 Å². The lowest BCUT2D eigenvalue weighted by Gasteiger charge is -2.49. The van der Waals surface area contributed by atoms with Crippen molar-refractivity contribution in [3.05, 3.63) is 35.4 Å². The molecule has 1 N–H and O–H groups in total. The highest BCUT2D eigenvalue weighted by molar-refractivity contribution is 5.23. The van der Waals surface area contributed by atoms with Crippen LogP contribution in [0.15, 0.2) is 24.3 Å². The highest BCUT2D eigenvalue weighted by Crippen LogP contribution is 2.36. The van der Waals surface area contributed by atoms with Gasteiger partial charge in [-0.05, 0) is 58.1 Å². The highest BCUT2D eigenvalue weighted by atomic mass is 15.2. The first-order valence-corrected chi connectivity index (χ1v) is 8.20. The molecule has 1 aliphatic carbocycles. The summed E-state index contributed by atoms with van der Waals surface area (Å²) >= 11 is 0. The molecule has 0 unspecified atom stereocenters. The Kier molecular flexibility index (Phi) is 5.80. The summed E-state index contributed by atoms with van der Waals surface area (Å²) in [5.74, 6) is 0. The Balaban J connectivity index is 1.91. The van der Waals surface area contributed by atoms with Crippen LogP contribution in [0, 0.1) is 0 Å². The van der Waals surface area contributed by atoms with Crippen molar-refractivity contribution < 1.29 is 0 Å². The summed E-state index contributed by atoms with van der Waals surface area (Å²) in [5.41, 5.74) is 3.21. The van der Waals surface area contributed by atoms with Crippen molar-refractivity contribution in [2.75, 3.05) is 34.2 Å². The summed E-state index contributed by atoms with van der Waals surface area (Å²) in [6, 6.07) is 8.97. The average molecular weight is 289 g/mol. The average Bonchev–Trinajstić information content (AvgIpc) is 2.40. The number of nitrogens with zero attached hydrogens (tertiary/aromatic N) is 2. The first kappa shape index (κ1) is 16.5. The second-order valence-corrected chi connectivity index (χ2v) is 6.74. The molecule has 1 aromatic carbocycles. The van der Waals surface area contributed by atoms with E-state index >= 15 is 0 Å². The minimum absolute atomic E-state index is 0.413. The number of benzene rings is 1. The Morgan fingerprint density at radius 2 is 1.86 bits per heavy atom. The van der Waals surface area contributed by atoms with Gasteiger partial charge in [-0.1, -0.05) is 31.2 Å². The van der Waals surface area contributed by atoms with Crippen LogP contribution in [0.3, 0.4) is 0 Å². The molecular formula is C18H31N3.